The Morgan fingerprint density at radius 2 is 1.89 bits per heavy atom. The van der Waals surface area contributed by atoms with Crippen molar-refractivity contribution in [3.05, 3.63) is 34.4 Å². The maximum Gasteiger partial charge on any atom is 0.161 e. The van der Waals surface area contributed by atoms with Gasteiger partial charge in [-0.1, -0.05) is 13.3 Å². The number of aromatic nitrogens is 2. The van der Waals surface area contributed by atoms with Gasteiger partial charge in [-0.15, -0.1) is 0 Å². The topological polar surface area (TPSA) is 61.0 Å². The summed E-state index contributed by atoms with van der Waals surface area (Å²) in [5.74, 6) is 1.93. The van der Waals surface area contributed by atoms with Gasteiger partial charge in [0.15, 0.2) is 5.82 Å². The third kappa shape index (κ3) is 3.04. The molecule has 0 aliphatic rings. The molecule has 0 aliphatic carbocycles. The van der Waals surface area contributed by atoms with Crippen molar-refractivity contribution in [1.82, 2.24) is 9.97 Å². The highest BCUT2D eigenvalue weighted by Crippen LogP contribution is 2.26. The maximum absolute atomic E-state index is 5.92. The molecule has 0 atom stereocenters. The number of nitrogens with two attached hydrogens (primary N) is 1. The molecule has 0 spiro atoms. The smallest absolute Gasteiger partial charge is 0.161 e. The first kappa shape index (κ1) is 13.8. The van der Waals surface area contributed by atoms with Gasteiger partial charge >= 0.3 is 0 Å². The summed E-state index contributed by atoms with van der Waals surface area (Å²) >= 11 is 3.44. The number of ether oxygens (including phenoxy) is 1. The van der Waals surface area contributed by atoms with E-state index in [1.165, 1.54) is 0 Å². The monoisotopic (exact) mass is 321 g/mol. The largest absolute Gasteiger partial charge is 0.497 e. The number of methoxy groups -OCH3 is 1. The molecule has 0 unspecified atom stereocenters. The van der Waals surface area contributed by atoms with Crippen LogP contribution in [0.15, 0.2) is 28.7 Å². The first-order valence-corrected chi connectivity index (χ1v) is 6.91. The zero-order chi connectivity index (χ0) is 13.8. The van der Waals surface area contributed by atoms with Crippen molar-refractivity contribution in [3.8, 4) is 17.1 Å². The number of anilines is 1. The van der Waals surface area contributed by atoms with Gasteiger partial charge in [0, 0.05) is 5.56 Å². The van der Waals surface area contributed by atoms with E-state index in [0.29, 0.717) is 11.6 Å². The number of hydrogen-bond donors (Lipinski definition) is 1. The average molecular weight is 322 g/mol. The van der Waals surface area contributed by atoms with Crippen LogP contribution in [0.2, 0.25) is 0 Å². The Bertz CT molecular complexity index is 570. The van der Waals surface area contributed by atoms with Crippen LogP contribution in [-0.4, -0.2) is 17.1 Å². The second-order valence-electron chi connectivity index (χ2n) is 4.17. The molecule has 100 valence electrons. The summed E-state index contributed by atoms with van der Waals surface area (Å²) in [6.07, 6.45) is 1.88. The van der Waals surface area contributed by atoms with E-state index in [1.807, 2.05) is 24.3 Å². The van der Waals surface area contributed by atoms with Gasteiger partial charge in [0.25, 0.3) is 0 Å². The highest BCUT2D eigenvalue weighted by atomic mass is 79.9. The van der Waals surface area contributed by atoms with Crippen LogP contribution in [0, 0.1) is 0 Å². The highest BCUT2D eigenvalue weighted by molar-refractivity contribution is 9.10. The first-order chi connectivity index (χ1) is 9.15. The molecule has 0 saturated heterocycles. The van der Waals surface area contributed by atoms with E-state index in [4.69, 9.17) is 10.5 Å². The van der Waals surface area contributed by atoms with Gasteiger partial charge in [-0.3, -0.25) is 0 Å². The zero-order valence-corrected chi connectivity index (χ0v) is 12.6. The Morgan fingerprint density at radius 3 is 2.47 bits per heavy atom. The molecule has 19 heavy (non-hydrogen) atoms. The molecular formula is C14H16BrN3O. The zero-order valence-electron chi connectivity index (χ0n) is 11.0. The van der Waals surface area contributed by atoms with Gasteiger partial charge in [0.2, 0.25) is 0 Å². The van der Waals surface area contributed by atoms with E-state index >= 15 is 0 Å². The Morgan fingerprint density at radius 1 is 1.21 bits per heavy atom. The number of aryl methyl sites for hydroxylation is 1. The van der Waals surface area contributed by atoms with Gasteiger partial charge in [-0.25, -0.2) is 9.97 Å². The summed E-state index contributed by atoms with van der Waals surface area (Å²) in [6, 6.07) is 7.63. The molecule has 0 radical (unpaired) electrons. The molecule has 5 heteroatoms. The van der Waals surface area contributed by atoms with Crippen LogP contribution >= 0.6 is 15.9 Å². The number of benzene rings is 1. The molecule has 0 aliphatic heterocycles. The Hall–Kier alpha value is -1.62. The fraction of sp³-hybridized carbons (Fsp3) is 0.286. The van der Waals surface area contributed by atoms with Crippen molar-refractivity contribution in [2.45, 2.75) is 19.8 Å². The third-order valence-electron chi connectivity index (χ3n) is 2.78. The number of halogens is 1. The van der Waals surface area contributed by atoms with Gasteiger partial charge in [-0.2, -0.15) is 0 Å². The maximum atomic E-state index is 5.92. The molecule has 2 N–H and O–H groups in total. The minimum absolute atomic E-state index is 0.476. The van der Waals surface area contributed by atoms with Crippen molar-refractivity contribution in [1.29, 1.82) is 0 Å². The first-order valence-electron chi connectivity index (χ1n) is 6.12. The van der Waals surface area contributed by atoms with E-state index in [9.17, 15) is 0 Å². The lowest BCUT2D eigenvalue weighted by atomic mass is 10.2. The molecule has 0 fully saturated rings. The minimum atomic E-state index is 0.476. The SMILES string of the molecule is CCCc1nc(-c2ccc(OC)cc2)nc(N)c1Br. The highest BCUT2D eigenvalue weighted by Gasteiger charge is 2.11. The van der Waals surface area contributed by atoms with Crippen LogP contribution in [-0.2, 0) is 6.42 Å². The Kier molecular flexibility index (Phi) is 4.37. The molecule has 0 bridgehead atoms. The summed E-state index contributed by atoms with van der Waals surface area (Å²) in [5, 5.41) is 0. The summed E-state index contributed by atoms with van der Waals surface area (Å²) in [7, 11) is 1.64. The lowest BCUT2D eigenvalue weighted by molar-refractivity contribution is 0.415. The van der Waals surface area contributed by atoms with Gasteiger partial charge in [0.1, 0.15) is 11.6 Å². The molecule has 1 aromatic carbocycles. The van der Waals surface area contributed by atoms with Crippen molar-refractivity contribution in [3.63, 3.8) is 0 Å². The quantitative estimate of drug-likeness (QED) is 0.936. The molecule has 2 rings (SSSR count). The minimum Gasteiger partial charge on any atom is -0.497 e. The number of nitrogen functional groups attached to an aromatic ring is 1. The lowest BCUT2D eigenvalue weighted by Gasteiger charge is -2.08. The molecule has 4 nitrogen and oxygen atoms in total. The number of hydrogen-bond acceptors (Lipinski definition) is 4. The predicted octanol–water partition coefficient (Wildman–Crippen LogP) is 3.45. The molecule has 1 heterocycles. The molecule has 2 aromatic rings. The average Bonchev–Trinajstić information content (AvgIpc) is 2.44. The van der Waals surface area contributed by atoms with E-state index in [1.54, 1.807) is 7.11 Å². The molecule has 0 saturated carbocycles. The van der Waals surface area contributed by atoms with Crippen molar-refractivity contribution in [2.75, 3.05) is 12.8 Å². The second kappa shape index (κ2) is 6.02. The predicted molar refractivity (Wildman–Crippen MR) is 80.1 cm³/mol. The Labute approximate surface area is 121 Å². The lowest BCUT2D eigenvalue weighted by Crippen LogP contribution is -2.02. The summed E-state index contributed by atoms with van der Waals surface area (Å²) in [6.45, 7) is 2.11. The third-order valence-corrected chi connectivity index (χ3v) is 3.64. The number of nitrogens with zero attached hydrogens (tertiary/aromatic N) is 2. The van der Waals surface area contributed by atoms with Crippen molar-refractivity contribution in [2.24, 2.45) is 0 Å². The van der Waals surface area contributed by atoms with Crippen LogP contribution in [0.4, 0.5) is 5.82 Å². The van der Waals surface area contributed by atoms with Crippen LogP contribution in [0.3, 0.4) is 0 Å². The van der Waals surface area contributed by atoms with E-state index in [-0.39, 0.29) is 0 Å². The van der Waals surface area contributed by atoms with Crippen LogP contribution < -0.4 is 10.5 Å². The Balaban J connectivity index is 2.43. The number of rotatable bonds is 4. The molecule has 1 aromatic heterocycles. The summed E-state index contributed by atoms with van der Waals surface area (Å²) in [5.41, 5.74) is 7.80. The molecular weight excluding hydrogens is 306 g/mol. The summed E-state index contributed by atoms with van der Waals surface area (Å²) in [4.78, 5) is 8.89. The van der Waals surface area contributed by atoms with Gasteiger partial charge in [0.05, 0.1) is 17.3 Å². The van der Waals surface area contributed by atoms with E-state index in [0.717, 1.165) is 34.3 Å². The van der Waals surface area contributed by atoms with Crippen LogP contribution in [0.25, 0.3) is 11.4 Å². The normalized spacial score (nSPS) is 10.5. The van der Waals surface area contributed by atoms with Crippen LogP contribution in [0.5, 0.6) is 5.75 Å². The fourth-order valence-electron chi connectivity index (χ4n) is 1.78. The van der Waals surface area contributed by atoms with E-state index < -0.39 is 0 Å². The van der Waals surface area contributed by atoms with Crippen molar-refractivity contribution < 1.29 is 4.74 Å². The fourth-order valence-corrected chi connectivity index (χ4v) is 2.16. The van der Waals surface area contributed by atoms with Crippen LogP contribution in [0.1, 0.15) is 19.0 Å². The standard InChI is InChI=1S/C14H16BrN3O/c1-3-4-11-12(15)13(16)18-14(17-11)9-5-7-10(19-2)8-6-9/h5-8H,3-4H2,1-2H3,(H2,16,17,18). The summed E-state index contributed by atoms with van der Waals surface area (Å²) < 4.78 is 5.93. The van der Waals surface area contributed by atoms with Crippen molar-refractivity contribution >= 4 is 21.7 Å². The van der Waals surface area contributed by atoms with Gasteiger partial charge < -0.3 is 10.5 Å². The van der Waals surface area contributed by atoms with Gasteiger partial charge in [-0.05, 0) is 46.6 Å². The second-order valence-corrected chi connectivity index (χ2v) is 4.96. The van der Waals surface area contributed by atoms with E-state index in [2.05, 4.69) is 32.8 Å². The molecule has 0 amide bonds.